The summed E-state index contributed by atoms with van der Waals surface area (Å²) in [6, 6.07) is 9.87. The van der Waals surface area contributed by atoms with Crippen LogP contribution in [0, 0.1) is 0 Å². The first-order valence-electron chi connectivity index (χ1n) is 12.6. The molecule has 4 N–H and O–H groups in total. The standard InChI is InChI=1S/C27H34F3N5O3/c1-4-18-5-7-19(8-6-18)15-35-12-11-21(16-35)33-24(36)14-31-25(37)22-13-20(27(28,29)30)9-10-23(22)34-26(38)32-17(2)3/h5-10,13,17,21H,4,11-12,14-16H2,1-3H3,(H,31,37)(H,33,36)(H2,32,34,38)/t21-/m1/s1. The number of likely N-dealkylation sites (tertiary alicyclic amines) is 1. The predicted molar refractivity (Wildman–Crippen MR) is 139 cm³/mol. The fourth-order valence-electron chi connectivity index (χ4n) is 4.21. The normalized spacial score (nSPS) is 15.8. The molecule has 2 aromatic rings. The summed E-state index contributed by atoms with van der Waals surface area (Å²) in [4.78, 5) is 39.5. The molecule has 0 spiro atoms. The quantitative estimate of drug-likeness (QED) is 0.393. The van der Waals surface area contributed by atoms with E-state index in [-0.39, 0.29) is 17.8 Å². The zero-order valence-electron chi connectivity index (χ0n) is 21.7. The fraction of sp³-hybridized carbons (Fsp3) is 0.444. The lowest BCUT2D eigenvalue weighted by Crippen LogP contribution is -2.43. The van der Waals surface area contributed by atoms with E-state index < -0.39 is 41.7 Å². The van der Waals surface area contributed by atoms with Crippen molar-refractivity contribution in [3.05, 3.63) is 64.7 Å². The number of carbonyl (C=O) groups excluding carboxylic acids is 3. The van der Waals surface area contributed by atoms with Crippen LogP contribution >= 0.6 is 0 Å². The minimum absolute atomic E-state index is 0.0974. The number of rotatable bonds is 9. The minimum atomic E-state index is -4.68. The number of urea groups is 1. The van der Waals surface area contributed by atoms with Gasteiger partial charge in [0, 0.05) is 31.7 Å². The highest BCUT2D eigenvalue weighted by Crippen LogP contribution is 2.32. The number of alkyl halides is 3. The van der Waals surface area contributed by atoms with Crippen LogP contribution in [0.2, 0.25) is 0 Å². The first-order chi connectivity index (χ1) is 17.9. The van der Waals surface area contributed by atoms with Gasteiger partial charge in [-0.1, -0.05) is 31.2 Å². The predicted octanol–water partition coefficient (Wildman–Crippen LogP) is 3.92. The summed E-state index contributed by atoms with van der Waals surface area (Å²) in [5.74, 6) is -1.36. The Hall–Kier alpha value is -3.60. The molecule has 1 heterocycles. The Kier molecular flexibility index (Phi) is 9.73. The van der Waals surface area contributed by atoms with Gasteiger partial charge in [0.1, 0.15) is 0 Å². The monoisotopic (exact) mass is 533 g/mol. The van der Waals surface area contributed by atoms with Gasteiger partial charge in [0.2, 0.25) is 5.91 Å². The first-order valence-corrected chi connectivity index (χ1v) is 12.6. The molecule has 0 saturated carbocycles. The Morgan fingerprint density at radius 1 is 1.05 bits per heavy atom. The van der Waals surface area contributed by atoms with Gasteiger partial charge in [0.05, 0.1) is 23.4 Å². The maximum Gasteiger partial charge on any atom is 0.416 e. The highest BCUT2D eigenvalue weighted by atomic mass is 19.4. The molecule has 1 aliphatic rings. The summed E-state index contributed by atoms with van der Waals surface area (Å²) in [6.07, 6.45) is -2.95. The van der Waals surface area contributed by atoms with Gasteiger partial charge < -0.3 is 21.3 Å². The lowest BCUT2D eigenvalue weighted by atomic mass is 10.1. The zero-order chi connectivity index (χ0) is 27.9. The van der Waals surface area contributed by atoms with Crippen molar-refractivity contribution in [2.75, 3.05) is 25.0 Å². The summed E-state index contributed by atoms with van der Waals surface area (Å²) < 4.78 is 39.7. The largest absolute Gasteiger partial charge is 0.416 e. The van der Waals surface area contributed by atoms with E-state index in [1.54, 1.807) is 13.8 Å². The molecule has 1 aliphatic heterocycles. The van der Waals surface area contributed by atoms with Crippen molar-refractivity contribution in [2.45, 2.75) is 58.4 Å². The molecule has 1 saturated heterocycles. The van der Waals surface area contributed by atoms with Crippen LogP contribution < -0.4 is 21.3 Å². The maximum atomic E-state index is 13.2. The van der Waals surface area contributed by atoms with E-state index in [1.165, 1.54) is 11.1 Å². The van der Waals surface area contributed by atoms with Gasteiger partial charge >= 0.3 is 12.2 Å². The van der Waals surface area contributed by atoms with E-state index in [4.69, 9.17) is 0 Å². The number of nitrogens with zero attached hydrogens (tertiary/aromatic N) is 1. The molecule has 0 bridgehead atoms. The molecule has 0 unspecified atom stereocenters. The van der Waals surface area contributed by atoms with Crippen molar-refractivity contribution in [2.24, 2.45) is 0 Å². The van der Waals surface area contributed by atoms with Crippen molar-refractivity contribution >= 4 is 23.5 Å². The number of anilines is 1. The van der Waals surface area contributed by atoms with Crippen LogP contribution in [0.15, 0.2) is 42.5 Å². The zero-order valence-corrected chi connectivity index (χ0v) is 21.7. The second-order valence-corrected chi connectivity index (χ2v) is 9.65. The number of hydrogen-bond acceptors (Lipinski definition) is 4. The van der Waals surface area contributed by atoms with Crippen molar-refractivity contribution < 1.29 is 27.6 Å². The molecule has 0 radical (unpaired) electrons. The van der Waals surface area contributed by atoms with Crippen LogP contribution in [0.25, 0.3) is 0 Å². The van der Waals surface area contributed by atoms with E-state index in [0.29, 0.717) is 12.6 Å². The molecule has 11 heteroatoms. The molecule has 0 aromatic heterocycles. The summed E-state index contributed by atoms with van der Waals surface area (Å²) in [6.45, 7) is 7.35. The van der Waals surface area contributed by atoms with Gasteiger partial charge in [-0.25, -0.2) is 4.79 Å². The lowest BCUT2D eigenvalue weighted by molar-refractivity contribution is -0.137. The second kappa shape index (κ2) is 12.8. The molecule has 4 amide bonds. The van der Waals surface area contributed by atoms with E-state index in [2.05, 4.69) is 57.4 Å². The molecular weight excluding hydrogens is 499 g/mol. The number of benzene rings is 2. The van der Waals surface area contributed by atoms with Crippen molar-refractivity contribution in [1.82, 2.24) is 20.9 Å². The Labute approximate surface area is 220 Å². The number of nitrogens with one attached hydrogen (secondary N) is 4. The number of hydrogen-bond donors (Lipinski definition) is 4. The van der Waals surface area contributed by atoms with Gasteiger partial charge in [-0.2, -0.15) is 13.2 Å². The summed E-state index contributed by atoms with van der Waals surface area (Å²) >= 11 is 0. The average molecular weight is 534 g/mol. The van der Waals surface area contributed by atoms with Crippen LogP contribution in [0.3, 0.4) is 0 Å². The van der Waals surface area contributed by atoms with Gasteiger partial charge in [0.25, 0.3) is 5.91 Å². The minimum Gasteiger partial charge on any atom is -0.350 e. The third-order valence-corrected chi connectivity index (χ3v) is 6.14. The summed E-state index contributed by atoms with van der Waals surface area (Å²) in [5.41, 5.74) is 0.917. The SMILES string of the molecule is CCc1ccc(CN2CC[C@@H](NC(=O)CNC(=O)c3cc(C(F)(F)F)ccc3NC(=O)NC(C)C)C2)cc1. The summed E-state index contributed by atoms with van der Waals surface area (Å²) in [5, 5.41) is 10.2. The van der Waals surface area contributed by atoms with Crippen LogP contribution in [0.5, 0.6) is 0 Å². The van der Waals surface area contributed by atoms with Crippen molar-refractivity contribution in [3.8, 4) is 0 Å². The molecular formula is C27H34F3N5O3. The van der Waals surface area contributed by atoms with Crippen LogP contribution in [0.1, 0.15) is 54.2 Å². The number of aryl methyl sites for hydroxylation is 1. The third-order valence-electron chi connectivity index (χ3n) is 6.14. The smallest absolute Gasteiger partial charge is 0.350 e. The molecule has 38 heavy (non-hydrogen) atoms. The highest BCUT2D eigenvalue weighted by molar-refractivity contribution is 6.04. The van der Waals surface area contributed by atoms with Gasteiger partial charge in [-0.15, -0.1) is 0 Å². The molecule has 0 aliphatic carbocycles. The van der Waals surface area contributed by atoms with Crippen LogP contribution in [-0.2, 0) is 23.9 Å². The molecule has 206 valence electrons. The van der Waals surface area contributed by atoms with Gasteiger partial charge in [0.15, 0.2) is 0 Å². The summed E-state index contributed by atoms with van der Waals surface area (Å²) in [7, 11) is 0. The van der Waals surface area contributed by atoms with E-state index in [1.807, 2.05) is 0 Å². The fourth-order valence-corrected chi connectivity index (χ4v) is 4.21. The van der Waals surface area contributed by atoms with Gasteiger partial charge in [-0.05, 0) is 56.0 Å². The van der Waals surface area contributed by atoms with Gasteiger partial charge in [-0.3, -0.25) is 14.5 Å². The van der Waals surface area contributed by atoms with E-state index in [9.17, 15) is 27.6 Å². The molecule has 8 nitrogen and oxygen atoms in total. The molecule has 3 rings (SSSR count). The molecule has 1 atom stereocenters. The Morgan fingerprint density at radius 3 is 2.37 bits per heavy atom. The number of amides is 4. The van der Waals surface area contributed by atoms with Crippen LogP contribution in [-0.4, -0.2) is 54.5 Å². The first kappa shape index (κ1) is 29.0. The van der Waals surface area contributed by atoms with E-state index in [0.717, 1.165) is 38.1 Å². The number of carbonyl (C=O) groups is 3. The van der Waals surface area contributed by atoms with Crippen molar-refractivity contribution in [3.63, 3.8) is 0 Å². The maximum absolute atomic E-state index is 13.2. The molecule has 2 aromatic carbocycles. The Balaban J connectivity index is 1.56. The third kappa shape index (κ3) is 8.47. The second-order valence-electron chi connectivity index (χ2n) is 9.65. The van der Waals surface area contributed by atoms with E-state index >= 15 is 0 Å². The van der Waals surface area contributed by atoms with Crippen molar-refractivity contribution in [1.29, 1.82) is 0 Å². The highest BCUT2D eigenvalue weighted by Gasteiger charge is 2.32. The lowest BCUT2D eigenvalue weighted by Gasteiger charge is -2.18. The number of halogens is 3. The Morgan fingerprint density at radius 2 is 1.74 bits per heavy atom. The van der Waals surface area contributed by atoms with Crippen LogP contribution in [0.4, 0.5) is 23.7 Å². The topological polar surface area (TPSA) is 103 Å². The Bertz CT molecular complexity index is 1140. The average Bonchev–Trinajstić information content (AvgIpc) is 3.28. The molecule has 1 fully saturated rings.